The van der Waals surface area contributed by atoms with Crippen molar-refractivity contribution < 1.29 is 0 Å². The third kappa shape index (κ3) is 2.73. The minimum atomic E-state index is 0.820. The summed E-state index contributed by atoms with van der Waals surface area (Å²) in [7, 11) is 0. The van der Waals surface area contributed by atoms with Crippen molar-refractivity contribution in [2.75, 3.05) is 0 Å². The first kappa shape index (κ1) is 17.1. The van der Waals surface area contributed by atoms with E-state index in [0.717, 1.165) is 39.2 Å². The summed E-state index contributed by atoms with van der Waals surface area (Å²) in [6.07, 6.45) is 3.59. The molecule has 0 spiro atoms. The molecule has 1 aromatic carbocycles. The van der Waals surface area contributed by atoms with Crippen molar-refractivity contribution in [1.29, 1.82) is 0 Å². The van der Waals surface area contributed by atoms with Gasteiger partial charge in [0, 0.05) is 44.2 Å². The van der Waals surface area contributed by atoms with Gasteiger partial charge in [0.2, 0.25) is 0 Å². The van der Waals surface area contributed by atoms with E-state index in [2.05, 4.69) is 63.5 Å². The first-order valence-electron chi connectivity index (χ1n) is 9.71. The topological polar surface area (TPSA) is 70.2 Å². The van der Waals surface area contributed by atoms with Crippen molar-refractivity contribution in [1.82, 2.24) is 25.1 Å². The van der Waals surface area contributed by atoms with Gasteiger partial charge >= 0.3 is 0 Å². The molecule has 144 valence electrons. The number of H-pyrrole nitrogens is 2. The molecule has 2 N–H and O–H groups in total. The molecule has 0 aliphatic heterocycles. The molecule has 30 heavy (non-hydrogen) atoms. The molecule has 5 heterocycles. The monoisotopic (exact) mass is 407 g/mol. The van der Waals surface area contributed by atoms with Crippen LogP contribution in [0.25, 0.3) is 55.0 Å². The largest absolute Gasteiger partial charge is 0.353 e. The van der Waals surface area contributed by atoms with Crippen molar-refractivity contribution >= 4 is 33.3 Å². The molecule has 6 heteroatoms. The zero-order chi connectivity index (χ0) is 20.1. The van der Waals surface area contributed by atoms with E-state index in [-0.39, 0.29) is 0 Å². The highest BCUT2D eigenvalue weighted by Crippen LogP contribution is 2.36. The Bertz CT molecular complexity index is 1510. The molecule has 6 aromatic rings. The second-order valence-corrected chi connectivity index (χ2v) is 8.55. The van der Waals surface area contributed by atoms with Gasteiger partial charge in [-0.25, -0.2) is 4.98 Å². The Kier molecular flexibility index (Phi) is 3.79. The van der Waals surface area contributed by atoms with Crippen LogP contribution in [-0.4, -0.2) is 25.1 Å². The molecule has 0 unspecified atom stereocenters. The van der Waals surface area contributed by atoms with Gasteiger partial charge in [-0.2, -0.15) is 5.10 Å². The Hall–Kier alpha value is -3.77. The maximum atomic E-state index is 4.88. The van der Waals surface area contributed by atoms with Crippen molar-refractivity contribution in [3.8, 4) is 33.1 Å². The summed E-state index contributed by atoms with van der Waals surface area (Å²) in [5.41, 5.74) is 7.71. The van der Waals surface area contributed by atoms with Crippen molar-refractivity contribution in [2.45, 2.75) is 6.92 Å². The van der Waals surface area contributed by atoms with Gasteiger partial charge in [0.25, 0.3) is 0 Å². The van der Waals surface area contributed by atoms with Crippen LogP contribution < -0.4 is 0 Å². The van der Waals surface area contributed by atoms with E-state index in [1.165, 1.54) is 20.7 Å². The SMILES string of the molecule is Cc1ccc(-c2cccc3[nH]c(-c4n[nH]c5ccc(-c6cccnc6)nc45)cc23)s1. The van der Waals surface area contributed by atoms with Gasteiger partial charge in [0.1, 0.15) is 11.2 Å². The quantitative estimate of drug-likeness (QED) is 0.367. The first-order valence-corrected chi connectivity index (χ1v) is 10.5. The Labute approximate surface area is 176 Å². The van der Waals surface area contributed by atoms with E-state index in [0.29, 0.717) is 0 Å². The maximum Gasteiger partial charge on any atom is 0.135 e. The van der Waals surface area contributed by atoms with Gasteiger partial charge in [-0.3, -0.25) is 10.1 Å². The summed E-state index contributed by atoms with van der Waals surface area (Å²) < 4.78 is 0. The third-order valence-electron chi connectivity index (χ3n) is 5.29. The molecule has 0 bridgehead atoms. The average molecular weight is 408 g/mol. The van der Waals surface area contributed by atoms with E-state index in [4.69, 9.17) is 4.98 Å². The number of aryl methyl sites for hydroxylation is 1. The molecular weight excluding hydrogens is 390 g/mol. The lowest BCUT2D eigenvalue weighted by Gasteiger charge is -2.00. The lowest BCUT2D eigenvalue weighted by atomic mass is 10.1. The first-order chi connectivity index (χ1) is 14.8. The molecule has 0 saturated heterocycles. The summed E-state index contributed by atoms with van der Waals surface area (Å²) in [6, 6.07) is 20.8. The van der Waals surface area contributed by atoms with Crippen molar-refractivity contribution in [3.63, 3.8) is 0 Å². The van der Waals surface area contributed by atoms with Crippen LogP contribution in [0.1, 0.15) is 4.88 Å². The third-order valence-corrected chi connectivity index (χ3v) is 6.32. The van der Waals surface area contributed by atoms with E-state index < -0.39 is 0 Å². The number of rotatable bonds is 3. The van der Waals surface area contributed by atoms with Crippen LogP contribution in [0.2, 0.25) is 0 Å². The number of fused-ring (bicyclic) bond motifs is 2. The predicted molar refractivity (Wildman–Crippen MR) is 122 cm³/mol. The standard InChI is InChI=1S/C24H17N5S/c1-14-7-10-22(30-14)16-5-2-6-19-17(16)12-21(26-19)24-23-20(28-29-24)9-8-18(27-23)15-4-3-11-25-13-15/h2-13,26H,1H3,(H,28,29). The van der Waals surface area contributed by atoms with E-state index in [1.54, 1.807) is 6.20 Å². The summed E-state index contributed by atoms with van der Waals surface area (Å²) in [4.78, 5) is 15.2. The Morgan fingerprint density at radius 2 is 1.90 bits per heavy atom. The molecule has 6 rings (SSSR count). The van der Waals surface area contributed by atoms with Crippen molar-refractivity contribution in [2.24, 2.45) is 0 Å². The average Bonchev–Trinajstić information content (AvgIpc) is 3.51. The molecule has 0 saturated carbocycles. The fraction of sp³-hybridized carbons (Fsp3) is 0.0417. The van der Waals surface area contributed by atoms with Crippen LogP contribution in [-0.2, 0) is 0 Å². The smallest absolute Gasteiger partial charge is 0.135 e. The van der Waals surface area contributed by atoms with Crippen LogP contribution in [0.15, 0.2) is 73.1 Å². The van der Waals surface area contributed by atoms with Gasteiger partial charge in [-0.1, -0.05) is 12.1 Å². The van der Waals surface area contributed by atoms with Crippen LogP contribution >= 0.6 is 11.3 Å². The number of aromatic amines is 2. The zero-order valence-electron chi connectivity index (χ0n) is 16.2. The molecule has 5 aromatic heterocycles. The number of benzene rings is 1. The highest BCUT2D eigenvalue weighted by molar-refractivity contribution is 7.15. The van der Waals surface area contributed by atoms with Crippen molar-refractivity contribution in [3.05, 3.63) is 77.9 Å². The lowest BCUT2D eigenvalue weighted by molar-refractivity contribution is 1.12. The van der Waals surface area contributed by atoms with Crippen LogP contribution in [0.5, 0.6) is 0 Å². The van der Waals surface area contributed by atoms with Crippen LogP contribution in [0.4, 0.5) is 0 Å². The number of nitrogens with one attached hydrogen (secondary N) is 2. The molecule has 0 atom stereocenters. The summed E-state index contributed by atoms with van der Waals surface area (Å²) >= 11 is 1.81. The molecule has 5 nitrogen and oxygen atoms in total. The van der Waals surface area contributed by atoms with Gasteiger partial charge in [0.05, 0.1) is 16.9 Å². The van der Waals surface area contributed by atoms with E-state index in [1.807, 2.05) is 41.8 Å². The molecular formula is C24H17N5S. The van der Waals surface area contributed by atoms with Crippen LogP contribution in [0, 0.1) is 6.92 Å². The summed E-state index contributed by atoms with van der Waals surface area (Å²) in [5, 5.41) is 8.87. The number of pyridine rings is 2. The normalized spacial score (nSPS) is 11.5. The molecule has 0 aliphatic rings. The lowest BCUT2D eigenvalue weighted by Crippen LogP contribution is -1.86. The maximum absolute atomic E-state index is 4.88. The Balaban J connectivity index is 1.52. The van der Waals surface area contributed by atoms with Gasteiger partial charge in [-0.05, 0) is 55.5 Å². The predicted octanol–water partition coefficient (Wildman–Crippen LogP) is 6.21. The number of aromatic nitrogens is 5. The highest BCUT2D eigenvalue weighted by atomic mass is 32.1. The molecule has 0 radical (unpaired) electrons. The molecule has 0 amide bonds. The number of thiophene rings is 1. The second-order valence-electron chi connectivity index (χ2n) is 7.27. The second kappa shape index (κ2) is 6.64. The number of hydrogen-bond acceptors (Lipinski definition) is 4. The molecule has 0 aliphatic carbocycles. The van der Waals surface area contributed by atoms with Gasteiger partial charge in [0.15, 0.2) is 0 Å². The fourth-order valence-corrected chi connectivity index (χ4v) is 4.75. The Morgan fingerprint density at radius 3 is 2.73 bits per heavy atom. The minimum Gasteiger partial charge on any atom is -0.353 e. The minimum absolute atomic E-state index is 0.820. The van der Waals surface area contributed by atoms with E-state index >= 15 is 0 Å². The summed E-state index contributed by atoms with van der Waals surface area (Å²) in [5.74, 6) is 0. The highest BCUT2D eigenvalue weighted by Gasteiger charge is 2.15. The van der Waals surface area contributed by atoms with Crippen LogP contribution in [0.3, 0.4) is 0 Å². The van der Waals surface area contributed by atoms with Gasteiger partial charge in [-0.15, -0.1) is 11.3 Å². The summed E-state index contributed by atoms with van der Waals surface area (Å²) in [6.45, 7) is 2.14. The number of nitrogens with zero attached hydrogens (tertiary/aromatic N) is 3. The number of hydrogen-bond donors (Lipinski definition) is 2. The Morgan fingerprint density at radius 1 is 0.933 bits per heavy atom. The van der Waals surface area contributed by atoms with Gasteiger partial charge < -0.3 is 4.98 Å². The molecule has 0 fully saturated rings. The fourth-order valence-electron chi connectivity index (χ4n) is 3.84. The van der Waals surface area contributed by atoms with E-state index in [9.17, 15) is 0 Å². The zero-order valence-corrected chi connectivity index (χ0v) is 17.0.